The van der Waals surface area contributed by atoms with E-state index in [-0.39, 0.29) is 0 Å². The fraction of sp³-hybridized carbons (Fsp3) is 0. The monoisotopic (exact) mass is 327 g/mol. The molecule has 0 aliphatic carbocycles. The highest BCUT2D eigenvalue weighted by Gasteiger charge is 2.13. The summed E-state index contributed by atoms with van der Waals surface area (Å²) in [4.78, 5) is 8.39. The van der Waals surface area contributed by atoms with Gasteiger partial charge in [0.1, 0.15) is 11.6 Å². The van der Waals surface area contributed by atoms with E-state index in [0.717, 1.165) is 33.0 Å². The van der Waals surface area contributed by atoms with Crippen molar-refractivity contribution in [1.29, 1.82) is 0 Å². The molecule has 6 N–H and O–H groups in total. The van der Waals surface area contributed by atoms with E-state index >= 15 is 0 Å². The molecule has 0 saturated carbocycles. The second-order valence-corrected chi connectivity index (χ2v) is 5.88. The molecule has 0 atom stereocenters. The maximum Gasteiger partial charge on any atom is 0.123 e. The van der Waals surface area contributed by atoms with Crippen molar-refractivity contribution in [2.75, 3.05) is 17.2 Å². The number of fused-ring (bicyclic) bond motifs is 1. The molecule has 0 saturated heterocycles. The van der Waals surface area contributed by atoms with E-state index in [1.807, 2.05) is 30.3 Å². The van der Waals surface area contributed by atoms with Crippen LogP contribution < -0.4 is 17.2 Å². The number of hydrogen-bond acceptors (Lipinski definition) is 5. The Morgan fingerprint density at radius 3 is 1.84 bits per heavy atom. The fourth-order valence-electron chi connectivity index (χ4n) is 3.08. The van der Waals surface area contributed by atoms with Crippen LogP contribution in [0.15, 0.2) is 67.0 Å². The van der Waals surface area contributed by atoms with Crippen molar-refractivity contribution in [3.8, 4) is 22.3 Å². The summed E-state index contributed by atoms with van der Waals surface area (Å²) in [5.41, 5.74) is 22.4. The molecule has 2 aromatic heterocycles. The summed E-state index contributed by atoms with van der Waals surface area (Å²) in [5.74, 6) is 0.974. The van der Waals surface area contributed by atoms with Gasteiger partial charge in [0.05, 0.1) is 0 Å². The van der Waals surface area contributed by atoms with Crippen LogP contribution in [-0.2, 0) is 0 Å². The molecule has 0 bridgehead atoms. The van der Waals surface area contributed by atoms with Crippen LogP contribution in [0.25, 0.3) is 33.0 Å². The van der Waals surface area contributed by atoms with E-state index in [4.69, 9.17) is 17.2 Å². The summed E-state index contributed by atoms with van der Waals surface area (Å²) in [5, 5.41) is 2.15. The quantitative estimate of drug-likeness (QED) is 0.487. The minimum Gasteiger partial charge on any atom is -0.398 e. The van der Waals surface area contributed by atoms with E-state index in [9.17, 15) is 0 Å². The van der Waals surface area contributed by atoms with Crippen molar-refractivity contribution in [1.82, 2.24) is 9.97 Å². The second kappa shape index (κ2) is 5.79. The lowest BCUT2D eigenvalue weighted by molar-refractivity contribution is 1.33. The number of benzene rings is 2. The van der Waals surface area contributed by atoms with Crippen molar-refractivity contribution in [3.05, 3.63) is 67.0 Å². The van der Waals surface area contributed by atoms with Gasteiger partial charge in [-0.05, 0) is 46.7 Å². The Morgan fingerprint density at radius 1 is 0.640 bits per heavy atom. The van der Waals surface area contributed by atoms with Crippen molar-refractivity contribution in [2.45, 2.75) is 0 Å². The number of nitrogens with two attached hydrogens (primary N) is 3. The minimum atomic E-state index is 0.483. The summed E-state index contributed by atoms with van der Waals surface area (Å²) < 4.78 is 0. The van der Waals surface area contributed by atoms with Crippen molar-refractivity contribution in [2.24, 2.45) is 0 Å². The highest BCUT2D eigenvalue weighted by atomic mass is 14.8. The van der Waals surface area contributed by atoms with Gasteiger partial charge in [-0.3, -0.25) is 0 Å². The molecule has 5 nitrogen and oxygen atoms in total. The Kier molecular flexibility index (Phi) is 3.47. The Balaban J connectivity index is 2.01. The van der Waals surface area contributed by atoms with Crippen LogP contribution in [0.1, 0.15) is 0 Å². The Morgan fingerprint density at radius 2 is 1.24 bits per heavy atom. The van der Waals surface area contributed by atoms with Crippen LogP contribution in [0.2, 0.25) is 0 Å². The smallest absolute Gasteiger partial charge is 0.123 e. The molecule has 122 valence electrons. The van der Waals surface area contributed by atoms with Gasteiger partial charge in [-0.15, -0.1) is 0 Å². The van der Waals surface area contributed by atoms with Crippen LogP contribution in [0.4, 0.5) is 17.3 Å². The molecule has 4 aromatic rings. The maximum absolute atomic E-state index is 6.42. The summed E-state index contributed by atoms with van der Waals surface area (Å²) in [6, 6.07) is 17.6. The lowest BCUT2D eigenvalue weighted by Crippen LogP contribution is -1.96. The zero-order valence-corrected chi connectivity index (χ0v) is 13.5. The van der Waals surface area contributed by atoms with Crippen LogP contribution in [0.3, 0.4) is 0 Å². The number of aromatic nitrogens is 2. The number of rotatable bonds is 2. The molecule has 2 aromatic carbocycles. The Hall–Kier alpha value is -3.60. The topological polar surface area (TPSA) is 104 Å². The summed E-state index contributed by atoms with van der Waals surface area (Å²) in [7, 11) is 0. The first-order chi connectivity index (χ1) is 12.1. The highest BCUT2D eigenvalue weighted by molar-refractivity contribution is 6.09. The average molecular weight is 327 g/mol. The number of nitrogen functional groups attached to an aromatic ring is 3. The van der Waals surface area contributed by atoms with E-state index in [1.165, 1.54) is 0 Å². The van der Waals surface area contributed by atoms with Crippen LogP contribution >= 0.6 is 0 Å². The van der Waals surface area contributed by atoms with Crippen molar-refractivity contribution in [3.63, 3.8) is 0 Å². The van der Waals surface area contributed by atoms with E-state index < -0.39 is 0 Å². The second-order valence-electron chi connectivity index (χ2n) is 5.88. The first-order valence-corrected chi connectivity index (χ1v) is 7.88. The number of hydrogen-bond donors (Lipinski definition) is 3. The van der Waals surface area contributed by atoms with Gasteiger partial charge in [-0.25, -0.2) is 9.97 Å². The molecular formula is C20H17N5. The van der Waals surface area contributed by atoms with E-state index in [0.29, 0.717) is 17.3 Å². The Labute approximate surface area is 145 Å². The molecule has 0 fully saturated rings. The number of nitrogens with zero attached hydrogens (tertiary/aromatic N) is 2. The molecule has 5 heteroatoms. The average Bonchev–Trinajstić information content (AvgIpc) is 2.63. The third-order valence-electron chi connectivity index (χ3n) is 4.25. The number of pyridine rings is 2. The van der Waals surface area contributed by atoms with Gasteiger partial charge >= 0.3 is 0 Å². The predicted molar refractivity (Wildman–Crippen MR) is 104 cm³/mol. The lowest BCUT2D eigenvalue weighted by atomic mass is 9.91. The largest absolute Gasteiger partial charge is 0.398 e. The maximum atomic E-state index is 6.42. The molecule has 0 amide bonds. The third kappa shape index (κ3) is 2.61. The first kappa shape index (κ1) is 15.0. The highest BCUT2D eigenvalue weighted by Crippen LogP contribution is 2.39. The van der Waals surface area contributed by atoms with Gasteiger partial charge in [0.25, 0.3) is 0 Å². The van der Waals surface area contributed by atoms with Gasteiger partial charge < -0.3 is 17.2 Å². The molecule has 0 aliphatic rings. The third-order valence-corrected chi connectivity index (χ3v) is 4.25. The molecule has 0 unspecified atom stereocenters. The SMILES string of the molecule is Nc1ccc(-c2cc(N)c(-c3ccc(N)nc3)c3ccccc23)cn1. The summed E-state index contributed by atoms with van der Waals surface area (Å²) in [6.45, 7) is 0. The van der Waals surface area contributed by atoms with Crippen molar-refractivity contribution >= 4 is 28.1 Å². The van der Waals surface area contributed by atoms with Gasteiger partial charge in [0.15, 0.2) is 0 Å². The summed E-state index contributed by atoms with van der Waals surface area (Å²) in [6.07, 6.45) is 3.51. The van der Waals surface area contributed by atoms with E-state index in [2.05, 4.69) is 22.1 Å². The number of anilines is 3. The summed E-state index contributed by atoms with van der Waals surface area (Å²) >= 11 is 0. The predicted octanol–water partition coefficient (Wildman–Crippen LogP) is 3.71. The van der Waals surface area contributed by atoms with Gasteiger partial charge in [-0.1, -0.05) is 24.3 Å². The minimum absolute atomic E-state index is 0.483. The molecule has 0 spiro atoms. The van der Waals surface area contributed by atoms with E-state index in [1.54, 1.807) is 24.5 Å². The molecular weight excluding hydrogens is 310 g/mol. The van der Waals surface area contributed by atoms with Crippen LogP contribution in [0.5, 0.6) is 0 Å². The van der Waals surface area contributed by atoms with Crippen LogP contribution in [0, 0.1) is 0 Å². The molecule has 2 heterocycles. The molecule has 4 rings (SSSR count). The molecule has 25 heavy (non-hydrogen) atoms. The fourth-order valence-corrected chi connectivity index (χ4v) is 3.08. The first-order valence-electron chi connectivity index (χ1n) is 7.88. The Bertz CT molecular complexity index is 1050. The van der Waals surface area contributed by atoms with Gasteiger partial charge in [0.2, 0.25) is 0 Å². The normalized spacial score (nSPS) is 10.9. The van der Waals surface area contributed by atoms with Crippen LogP contribution in [-0.4, -0.2) is 9.97 Å². The standard InChI is InChI=1S/C20H17N5/c21-17-9-16(12-5-7-18(22)24-10-12)14-3-1-2-4-15(14)20(17)13-6-8-19(23)25-11-13/h1-11H,21H2,(H2,22,24)(H2,23,25). The lowest BCUT2D eigenvalue weighted by Gasteiger charge is -2.15. The van der Waals surface area contributed by atoms with Gasteiger partial charge in [-0.2, -0.15) is 0 Å². The van der Waals surface area contributed by atoms with Gasteiger partial charge in [0, 0.05) is 34.8 Å². The zero-order valence-electron chi connectivity index (χ0n) is 13.5. The zero-order chi connectivity index (χ0) is 17.4. The molecule has 0 aliphatic heterocycles. The van der Waals surface area contributed by atoms with Crippen molar-refractivity contribution < 1.29 is 0 Å². The molecule has 0 radical (unpaired) electrons.